The van der Waals surface area contributed by atoms with Gasteiger partial charge in [0.2, 0.25) is 5.91 Å². The van der Waals surface area contributed by atoms with Gasteiger partial charge in [-0.1, -0.05) is 17.9 Å². The highest BCUT2D eigenvalue weighted by atomic mass is 79.9. The predicted molar refractivity (Wildman–Crippen MR) is 139 cm³/mol. The largest absolute Gasteiger partial charge is 0.376 e. The average molecular weight is 585 g/mol. The lowest BCUT2D eigenvalue weighted by Crippen LogP contribution is -2.60. The predicted octanol–water partition coefficient (Wildman–Crippen LogP) is 4.08. The van der Waals surface area contributed by atoms with Crippen LogP contribution in [0.3, 0.4) is 0 Å². The van der Waals surface area contributed by atoms with Gasteiger partial charge in [-0.05, 0) is 58.2 Å². The zero-order chi connectivity index (χ0) is 26.3. The fraction of sp³-hybridized carbons (Fsp3) is 0.231. The molecule has 1 fully saturated rings. The summed E-state index contributed by atoms with van der Waals surface area (Å²) in [6.07, 6.45) is 3.27. The second-order valence-corrected chi connectivity index (χ2v) is 10.8. The van der Waals surface area contributed by atoms with Crippen molar-refractivity contribution in [2.45, 2.75) is 25.2 Å². The zero-order valence-electron chi connectivity index (χ0n) is 19.4. The molecular weight excluding hydrogens is 566 g/mol. The number of alkyl halides is 1. The Morgan fingerprint density at radius 3 is 2.70 bits per heavy atom. The Kier molecular flexibility index (Phi) is 6.66. The van der Waals surface area contributed by atoms with Crippen molar-refractivity contribution in [1.29, 1.82) is 0 Å². The van der Waals surface area contributed by atoms with Crippen molar-refractivity contribution >= 4 is 43.4 Å². The summed E-state index contributed by atoms with van der Waals surface area (Å²) in [6, 6.07) is 7.61. The van der Waals surface area contributed by atoms with Crippen LogP contribution in [0.5, 0.6) is 0 Å². The minimum absolute atomic E-state index is 0.0247. The Balaban J connectivity index is 1.60. The fourth-order valence-electron chi connectivity index (χ4n) is 4.09. The number of aromatic nitrogens is 3. The minimum Gasteiger partial charge on any atom is -0.376 e. The number of hydrogen-bond donors (Lipinski definition) is 1. The highest BCUT2D eigenvalue weighted by Gasteiger charge is 2.41. The smallest absolute Gasteiger partial charge is 0.263 e. The molecule has 1 aliphatic heterocycles. The molecule has 37 heavy (non-hydrogen) atoms. The molecule has 1 N–H and O–H groups in total. The molecule has 0 saturated carbocycles. The number of nitrogens with zero attached hydrogens (tertiary/aromatic N) is 4. The van der Waals surface area contributed by atoms with Crippen molar-refractivity contribution in [3.63, 3.8) is 0 Å². The molecule has 7 nitrogen and oxygen atoms in total. The van der Waals surface area contributed by atoms with E-state index in [1.165, 1.54) is 40.9 Å². The molecule has 1 saturated heterocycles. The van der Waals surface area contributed by atoms with Crippen molar-refractivity contribution in [1.82, 2.24) is 19.4 Å². The number of aliphatic hydroxyl groups is 1. The molecule has 5 rings (SSSR count). The number of hydrogen-bond acceptors (Lipinski definition) is 6. The summed E-state index contributed by atoms with van der Waals surface area (Å²) in [5.74, 6) is 4.88. The zero-order valence-corrected chi connectivity index (χ0v) is 21.8. The second-order valence-electron chi connectivity index (χ2n) is 8.91. The van der Waals surface area contributed by atoms with Crippen LogP contribution in [0.2, 0.25) is 0 Å². The average Bonchev–Trinajstić information content (AvgIpc) is 3.24. The Labute approximate surface area is 222 Å². The van der Waals surface area contributed by atoms with Gasteiger partial charge in [0.25, 0.3) is 5.56 Å². The van der Waals surface area contributed by atoms with Crippen molar-refractivity contribution in [3.05, 3.63) is 80.1 Å². The molecule has 1 unspecified atom stereocenters. The number of carbonyl (C=O) groups is 1. The van der Waals surface area contributed by atoms with Crippen LogP contribution in [0.15, 0.2) is 58.3 Å². The van der Waals surface area contributed by atoms with E-state index in [9.17, 15) is 23.5 Å². The monoisotopic (exact) mass is 584 g/mol. The number of thiophene rings is 1. The number of benzene rings is 1. The minimum atomic E-state index is -1.42. The number of halogens is 3. The van der Waals surface area contributed by atoms with Crippen molar-refractivity contribution < 1.29 is 18.7 Å². The van der Waals surface area contributed by atoms with Gasteiger partial charge in [-0.3, -0.25) is 19.1 Å². The molecule has 0 bridgehead atoms. The molecule has 0 spiro atoms. The molecule has 188 valence electrons. The van der Waals surface area contributed by atoms with Crippen LogP contribution >= 0.6 is 27.3 Å². The Bertz CT molecular complexity index is 1630. The molecule has 1 atom stereocenters. The number of likely N-dealkylation sites (tertiary alicyclic amines) is 1. The fourth-order valence-corrected chi connectivity index (χ4v) is 5.48. The third-order valence-electron chi connectivity index (χ3n) is 5.93. The molecule has 1 aliphatic rings. The number of pyridine rings is 1. The van der Waals surface area contributed by atoms with Crippen LogP contribution in [-0.4, -0.2) is 49.2 Å². The van der Waals surface area contributed by atoms with Gasteiger partial charge in [0.15, 0.2) is 0 Å². The summed E-state index contributed by atoms with van der Waals surface area (Å²) in [4.78, 5) is 36.6. The maximum Gasteiger partial charge on any atom is 0.263 e. The summed E-state index contributed by atoms with van der Waals surface area (Å²) >= 11 is 4.34. The van der Waals surface area contributed by atoms with E-state index in [1.54, 1.807) is 24.5 Å². The summed E-state index contributed by atoms with van der Waals surface area (Å²) in [5.41, 5.74) is -0.399. The highest BCUT2D eigenvalue weighted by Crippen LogP contribution is 2.37. The Morgan fingerprint density at radius 1 is 1.30 bits per heavy atom. The van der Waals surface area contributed by atoms with E-state index >= 15 is 0 Å². The third kappa shape index (κ3) is 5.05. The number of rotatable bonds is 4. The quantitative estimate of drug-likeness (QED) is 0.365. The van der Waals surface area contributed by atoms with E-state index in [0.29, 0.717) is 26.4 Å². The molecule has 3 aromatic heterocycles. The first kappa shape index (κ1) is 25.2. The first-order valence-corrected chi connectivity index (χ1v) is 12.8. The van der Waals surface area contributed by atoms with Gasteiger partial charge in [-0.15, -0.1) is 11.3 Å². The third-order valence-corrected chi connectivity index (χ3v) is 7.55. The van der Waals surface area contributed by atoms with Gasteiger partial charge < -0.3 is 10.0 Å². The van der Waals surface area contributed by atoms with Gasteiger partial charge >= 0.3 is 0 Å². The SMILES string of the molecule is CC1(F)CN(C(=O)Cn2cnc3sc(C#CC(O)c4ccncc4)c(-c4ccc(F)c(Br)c4)c3c2=O)C1. The van der Waals surface area contributed by atoms with E-state index in [1.807, 2.05) is 0 Å². The van der Waals surface area contributed by atoms with E-state index in [-0.39, 0.29) is 35.4 Å². The standard InChI is InChI=1S/C26H19BrF2N4O3S/c1-26(29)12-33(13-26)21(35)11-32-14-31-24-23(25(32)36)22(16-2-3-18(28)17(27)10-16)20(37-24)5-4-19(34)15-6-8-30-9-7-15/h2-3,6-10,14,19,34H,11-13H2,1H3. The van der Waals surface area contributed by atoms with Crippen molar-refractivity contribution in [2.24, 2.45) is 0 Å². The molecule has 1 aromatic carbocycles. The first-order chi connectivity index (χ1) is 17.6. The van der Waals surface area contributed by atoms with Crippen molar-refractivity contribution in [2.75, 3.05) is 13.1 Å². The molecule has 0 aliphatic carbocycles. The lowest BCUT2D eigenvalue weighted by Gasteiger charge is -2.42. The first-order valence-electron chi connectivity index (χ1n) is 11.2. The van der Waals surface area contributed by atoms with Crippen LogP contribution in [0.25, 0.3) is 21.3 Å². The van der Waals surface area contributed by atoms with Gasteiger partial charge in [-0.2, -0.15) is 0 Å². The Morgan fingerprint density at radius 2 is 2.03 bits per heavy atom. The summed E-state index contributed by atoms with van der Waals surface area (Å²) in [7, 11) is 0. The molecule has 1 amide bonds. The molecule has 11 heteroatoms. The van der Waals surface area contributed by atoms with Crippen LogP contribution in [0.4, 0.5) is 8.78 Å². The Hall–Kier alpha value is -3.46. The molecule has 4 aromatic rings. The van der Waals surface area contributed by atoms with E-state index < -0.39 is 23.1 Å². The lowest BCUT2D eigenvalue weighted by molar-refractivity contribution is -0.144. The van der Waals surface area contributed by atoms with Crippen molar-refractivity contribution in [3.8, 4) is 23.0 Å². The maximum atomic E-state index is 14.0. The summed E-state index contributed by atoms with van der Waals surface area (Å²) in [5, 5.41) is 10.7. The summed E-state index contributed by atoms with van der Waals surface area (Å²) < 4.78 is 29.2. The number of amides is 1. The van der Waals surface area contributed by atoms with Crippen LogP contribution < -0.4 is 5.56 Å². The van der Waals surface area contributed by atoms with Gasteiger partial charge in [0, 0.05) is 18.0 Å². The number of carbonyl (C=O) groups excluding carboxylic acids is 1. The van der Waals surface area contributed by atoms with Crippen LogP contribution in [0.1, 0.15) is 23.5 Å². The van der Waals surface area contributed by atoms with E-state index in [0.717, 1.165) is 11.3 Å². The van der Waals surface area contributed by atoms with Gasteiger partial charge in [0.05, 0.1) is 34.2 Å². The van der Waals surface area contributed by atoms with Gasteiger partial charge in [0.1, 0.15) is 29.0 Å². The molecule has 0 radical (unpaired) electrons. The highest BCUT2D eigenvalue weighted by molar-refractivity contribution is 9.10. The normalized spacial score (nSPS) is 15.1. The van der Waals surface area contributed by atoms with Crippen LogP contribution in [-0.2, 0) is 11.3 Å². The summed E-state index contributed by atoms with van der Waals surface area (Å²) in [6.45, 7) is 1.08. The topological polar surface area (TPSA) is 88.3 Å². The number of aliphatic hydroxyl groups excluding tert-OH is 1. The lowest BCUT2D eigenvalue weighted by atomic mass is 9.99. The molecule has 4 heterocycles. The van der Waals surface area contributed by atoms with Gasteiger partial charge in [-0.25, -0.2) is 13.8 Å². The number of fused-ring (bicyclic) bond motifs is 1. The maximum absolute atomic E-state index is 14.0. The van der Waals surface area contributed by atoms with Crippen LogP contribution in [0, 0.1) is 17.7 Å². The van der Waals surface area contributed by atoms with E-state index in [4.69, 9.17) is 0 Å². The second kappa shape index (κ2) is 9.78. The van der Waals surface area contributed by atoms with E-state index in [2.05, 4.69) is 37.7 Å². The molecular formula is C26H19BrF2N4O3S.